The molecule has 0 fully saturated rings. The predicted molar refractivity (Wildman–Crippen MR) is 107 cm³/mol. The minimum atomic E-state index is -0.164. The third-order valence-corrected chi connectivity index (χ3v) is 5.12. The molecule has 0 bridgehead atoms. The van der Waals surface area contributed by atoms with E-state index in [4.69, 9.17) is 9.15 Å². The Hall–Kier alpha value is -2.57. The molecule has 0 spiro atoms. The quantitative estimate of drug-likeness (QED) is 0.600. The number of ether oxygens (including phenoxy) is 1. The van der Waals surface area contributed by atoms with Crippen molar-refractivity contribution in [2.75, 3.05) is 13.7 Å². The van der Waals surface area contributed by atoms with Crippen LogP contribution in [0.25, 0.3) is 0 Å². The Kier molecular flexibility index (Phi) is 6.68. The second-order valence-electron chi connectivity index (χ2n) is 6.34. The summed E-state index contributed by atoms with van der Waals surface area (Å²) in [4.78, 5) is 15.9. The maximum atomic E-state index is 12.6. The van der Waals surface area contributed by atoms with E-state index in [1.807, 2.05) is 49.4 Å². The van der Waals surface area contributed by atoms with Crippen molar-refractivity contribution in [1.29, 1.82) is 0 Å². The number of thiophene rings is 1. The predicted octanol–water partition coefficient (Wildman–Crippen LogP) is 4.23. The highest BCUT2D eigenvalue weighted by atomic mass is 32.1. The number of furan rings is 1. The Morgan fingerprint density at radius 3 is 2.74 bits per heavy atom. The molecule has 0 saturated heterocycles. The fourth-order valence-electron chi connectivity index (χ4n) is 2.96. The van der Waals surface area contributed by atoms with Gasteiger partial charge in [0.2, 0.25) is 5.91 Å². The van der Waals surface area contributed by atoms with Crippen molar-refractivity contribution >= 4 is 17.2 Å². The summed E-state index contributed by atoms with van der Waals surface area (Å²) in [7, 11) is 1.67. The van der Waals surface area contributed by atoms with E-state index < -0.39 is 0 Å². The molecule has 0 saturated carbocycles. The molecule has 1 amide bonds. The summed E-state index contributed by atoms with van der Waals surface area (Å²) in [5.74, 6) is 1.54. The Labute approximate surface area is 163 Å². The molecule has 6 heteroatoms. The lowest BCUT2D eigenvalue weighted by Crippen LogP contribution is -2.37. The molecule has 5 nitrogen and oxygen atoms in total. The van der Waals surface area contributed by atoms with Gasteiger partial charge in [0.05, 0.1) is 26.0 Å². The van der Waals surface area contributed by atoms with Crippen LogP contribution in [0.5, 0.6) is 5.75 Å². The van der Waals surface area contributed by atoms with Gasteiger partial charge in [0.25, 0.3) is 0 Å². The smallest absolute Gasteiger partial charge is 0.234 e. The first kappa shape index (κ1) is 19.2. The summed E-state index contributed by atoms with van der Waals surface area (Å²) < 4.78 is 10.8. The van der Waals surface area contributed by atoms with Crippen LogP contribution in [-0.4, -0.2) is 24.5 Å². The van der Waals surface area contributed by atoms with Crippen LogP contribution >= 0.6 is 11.3 Å². The number of amides is 1. The molecular formula is C21H24N2O3S. The maximum Gasteiger partial charge on any atom is 0.234 e. The number of carbonyl (C=O) groups is 1. The van der Waals surface area contributed by atoms with Crippen molar-refractivity contribution in [1.82, 2.24) is 10.2 Å². The lowest BCUT2D eigenvalue weighted by molar-refractivity contribution is -0.123. The second-order valence-corrected chi connectivity index (χ2v) is 7.37. The van der Waals surface area contributed by atoms with Crippen LogP contribution < -0.4 is 10.1 Å². The Morgan fingerprint density at radius 2 is 2.04 bits per heavy atom. The van der Waals surface area contributed by atoms with Crippen molar-refractivity contribution in [3.63, 3.8) is 0 Å². The van der Waals surface area contributed by atoms with Crippen LogP contribution in [0, 0.1) is 0 Å². The monoisotopic (exact) mass is 384 g/mol. The third-order valence-electron chi connectivity index (χ3n) is 4.26. The fraction of sp³-hybridized carbons (Fsp3) is 0.286. The largest absolute Gasteiger partial charge is 0.496 e. The van der Waals surface area contributed by atoms with Crippen molar-refractivity contribution in [2.45, 2.75) is 26.1 Å². The molecule has 2 aromatic heterocycles. The highest BCUT2D eigenvalue weighted by molar-refractivity contribution is 7.09. The van der Waals surface area contributed by atoms with Gasteiger partial charge in [-0.1, -0.05) is 24.3 Å². The zero-order valence-corrected chi connectivity index (χ0v) is 16.4. The minimum absolute atomic E-state index is 0.0367. The molecule has 1 aromatic carbocycles. The summed E-state index contributed by atoms with van der Waals surface area (Å²) in [6, 6.07) is 15.5. The molecule has 2 heterocycles. The van der Waals surface area contributed by atoms with Crippen LogP contribution in [0.2, 0.25) is 0 Å². The maximum absolute atomic E-state index is 12.6. The van der Waals surface area contributed by atoms with Gasteiger partial charge in [-0.05, 0) is 36.6 Å². The molecule has 0 aliphatic rings. The summed E-state index contributed by atoms with van der Waals surface area (Å²) in [5.41, 5.74) is 1.06. The van der Waals surface area contributed by atoms with Gasteiger partial charge in [0, 0.05) is 23.5 Å². The van der Waals surface area contributed by atoms with Crippen LogP contribution in [0.15, 0.2) is 64.6 Å². The number of para-hydroxylation sites is 1. The minimum Gasteiger partial charge on any atom is -0.496 e. The second kappa shape index (κ2) is 9.39. The number of hydrogen-bond acceptors (Lipinski definition) is 5. The number of rotatable bonds is 9. The molecule has 0 radical (unpaired) electrons. The standard InChI is InChI=1S/C21H24N2O3S/c1-16(19-10-5-11-26-19)22-21(24)15-23(14-18-8-6-12-27-18)13-17-7-3-4-9-20(17)25-2/h3-12,16H,13-15H2,1-2H3,(H,22,24). The topological polar surface area (TPSA) is 54.7 Å². The molecule has 0 aliphatic carbocycles. The Balaban J connectivity index is 1.68. The number of hydrogen-bond donors (Lipinski definition) is 1. The van der Waals surface area contributed by atoms with E-state index >= 15 is 0 Å². The normalized spacial score (nSPS) is 12.1. The average Bonchev–Trinajstić information content (AvgIpc) is 3.36. The SMILES string of the molecule is COc1ccccc1CN(CC(=O)NC(C)c1ccco1)Cc1cccs1. The van der Waals surface area contributed by atoms with E-state index in [1.165, 1.54) is 4.88 Å². The number of methoxy groups -OCH3 is 1. The lowest BCUT2D eigenvalue weighted by Gasteiger charge is -2.23. The first-order chi connectivity index (χ1) is 13.2. The van der Waals surface area contributed by atoms with Gasteiger partial charge in [-0.25, -0.2) is 0 Å². The van der Waals surface area contributed by atoms with E-state index in [0.29, 0.717) is 19.6 Å². The molecule has 3 rings (SSSR count). The van der Waals surface area contributed by atoms with Gasteiger partial charge in [0.1, 0.15) is 11.5 Å². The molecule has 1 unspecified atom stereocenters. The zero-order chi connectivity index (χ0) is 19.1. The van der Waals surface area contributed by atoms with E-state index in [9.17, 15) is 4.79 Å². The van der Waals surface area contributed by atoms with Gasteiger partial charge >= 0.3 is 0 Å². The van der Waals surface area contributed by atoms with Crippen molar-refractivity contribution in [3.05, 3.63) is 76.4 Å². The van der Waals surface area contributed by atoms with Crippen LogP contribution in [0.1, 0.15) is 29.2 Å². The van der Waals surface area contributed by atoms with E-state index in [0.717, 1.165) is 17.1 Å². The Bertz CT molecular complexity index is 831. The molecule has 142 valence electrons. The van der Waals surface area contributed by atoms with Crippen molar-refractivity contribution in [3.8, 4) is 5.75 Å². The number of nitrogens with one attached hydrogen (secondary N) is 1. The first-order valence-corrected chi connectivity index (χ1v) is 9.73. The fourth-order valence-corrected chi connectivity index (χ4v) is 3.71. The molecule has 27 heavy (non-hydrogen) atoms. The van der Waals surface area contributed by atoms with Gasteiger partial charge in [-0.15, -0.1) is 11.3 Å². The zero-order valence-electron chi connectivity index (χ0n) is 15.6. The Morgan fingerprint density at radius 1 is 1.19 bits per heavy atom. The van der Waals surface area contributed by atoms with Gasteiger partial charge < -0.3 is 14.5 Å². The molecular weight excluding hydrogens is 360 g/mol. The third kappa shape index (κ3) is 5.45. The summed E-state index contributed by atoms with van der Waals surface area (Å²) in [6.45, 7) is 3.55. The van der Waals surface area contributed by atoms with Crippen LogP contribution in [0.4, 0.5) is 0 Å². The van der Waals surface area contributed by atoms with E-state index in [1.54, 1.807) is 24.7 Å². The molecule has 0 aliphatic heterocycles. The molecule has 3 aromatic rings. The highest BCUT2D eigenvalue weighted by Gasteiger charge is 2.17. The van der Waals surface area contributed by atoms with Crippen LogP contribution in [0.3, 0.4) is 0 Å². The summed E-state index contributed by atoms with van der Waals surface area (Å²) in [6.07, 6.45) is 1.61. The average molecular weight is 385 g/mol. The highest BCUT2D eigenvalue weighted by Crippen LogP contribution is 2.21. The summed E-state index contributed by atoms with van der Waals surface area (Å²) >= 11 is 1.69. The number of carbonyl (C=O) groups excluding carboxylic acids is 1. The molecule has 1 atom stereocenters. The van der Waals surface area contributed by atoms with Crippen LogP contribution in [-0.2, 0) is 17.9 Å². The van der Waals surface area contributed by atoms with Gasteiger partial charge in [-0.2, -0.15) is 0 Å². The number of benzene rings is 1. The van der Waals surface area contributed by atoms with Gasteiger partial charge in [0.15, 0.2) is 0 Å². The lowest BCUT2D eigenvalue weighted by atomic mass is 10.2. The molecule has 1 N–H and O–H groups in total. The van der Waals surface area contributed by atoms with E-state index in [2.05, 4.69) is 21.7 Å². The first-order valence-electron chi connectivity index (χ1n) is 8.85. The number of nitrogens with zero attached hydrogens (tertiary/aromatic N) is 1. The van der Waals surface area contributed by atoms with Crippen molar-refractivity contribution in [2.24, 2.45) is 0 Å². The van der Waals surface area contributed by atoms with Crippen molar-refractivity contribution < 1.29 is 13.9 Å². The summed E-state index contributed by atoms with van der Waals surface area (Å²) in [5, 5.41) is 5.06. The van der Waals surface area contributed by atoms with E-state index in [-0.39, 0.29) is 11.9 Å². The van der Waals surface area contributed by atoms with Gasteiger partial charge in [-0.3, -0.25) is 9.69 Å².